The number of fused-ring (bicyclic) bond motifs is 1. The standard InChI is InChI=1S/C20H18N2O4S/c1-12(23)15-18(24)22-16(20(25)26)17(27-19(15)22)14-7-5-6-13(10-14)11-21-8-3-2-4-9-21/h2-10,12,15,19,23H,11H2,1H3/t12-,15+,19-/m1/s1. The van der Waals surface area contributed by atoms with Gasteiger partial charge in [-0.15, -0.1) is 0 Å². The van der Waals surface area contributed by atoms with Gasteiger partial charge in [0.15, 0.2) is 18.9 Å². The lowest BCUT2D eigenvalue weighted by Gasteiger charge is -2.44. The van der Waals surface area contributed by atoms with E-state index in [0.29, 0.717) is 11.4 Å². The van der Waals surface area contributed by atoms with E-state index in [-0.39, 0.29) is 11.6 Å². The summed E-state index contributed by atoms with van der Waals surface area (Å²) in [5.41, 5.74) is 1.65. The van der Waals surface area contributed by atoms with Gasteiger partial charge in [0.25, 0.3) is 0 Å². The Bertz CT molecular complexity index is 942. The van der Waals surface area contributed by atoms with Crippen LogP contribution < -0.4 is 9.67 Å². The maximum atomic E-state index is 12.3. The van der Waals surface area contributed by atoms with Crippen molar-refractivity contribution in [2.24, 2.45) is 5.92 Å². The van der Waals surface area contributed by atoms with E-state index in [9.17, 15) is 19.8 Å². The predicted molar refractivity (Wildman–Crippen MR) is 97.5 cm³/mol. The number of carboxylic acids is 1. The second-order valence-corrected chi connectivity index (χ2v) is 7.82. The molecule has 1 N–H and O–H groups in total. The van der Waals surface area contributed by atoms with Gasteiger partial charge in [-0.3, -0.25) is 9.69 Å². The minimum Gasteiger partial charge on any atom is -0.543 e. The Balaban J connectivity index is 1.68. The predicted octanol–water partition coefficient (Wildman–Crippen LogP) is 0.353. The zero-order valence-corrected chi connectivity index (χ0v) is 15.4. The summed E-state index contributed by atoms with van der Waals surface area (Å²) in [5, 5.41) is 21.2. The minimum absolute atomic E-state index is 0.101. The van der Waals surface area contributed by atoms with Crippen LogP contribution in [-0.4, -0.2) is 33.4 Å². The Morgan fingerprint density at radius 1 is 1.30 bits per heavy atom. The molecule has 0 spiro atoms. The molecule has 0 radical (unpaired) electrons. The fourth-order valence-corrected chi connectivity index (χ4v) is 5.14. The van der Waals surface area contributed by atoms with Gasteiger partial charge in [-0.05, 0) is 18.6 Å². The largest absolute Gasteiger partial charge is 0.543 e. The fourth-order valence-electron chi connectivity index (χ4n) is 3.54. The number of aliphatic hydroxyl groups is 1. The first-order chi connectivity index (χ1) is 13.0. The van der Waals surface area contributed by atoms with Gasteiger partial charge in [-0.2, -0.15) is 0 Å². The highest BCUT2D eigenvalue weighted by Crippen LogP contribution is 2.53. The monoisotopic (exact) mass is 382 g/mol. The zero-order chi connectivity index (χ0) is 19.1. The van der Waals surface area contributed by atoms with Crippen LogP contribution in [0.1, 0.15) is 18.1 Å². The first-order valence-electron chi connectivity index (χ1n) is 8.64. The number of pyridine rings is 1. The second-order valence-electron chi connectivity index (χ2n) is 6.70. The molecule has 7 heteroatoms. The van der Waals surface area contributed by atoms with Crippen molar-refractivity contribution in [3.05, 3.63) is 71.7 Å². The van der Waals surface area contributed by atoms with E-state index in [1.807, 2.05) is 59.4 Å². The van der Waals surface area contributed by atoms with Crippen LogP contribution in [0, 0.1) is 5.92 Å². The molecule has 2 aliphatic heterocycles. The Morgan fingerprint density at radius 3 is 2.70 bits per heavy atom. The number of carbonyl (C=O) groups is 2. The molecule has 3 heterocycles. The van der Waals surface area contributed by atoms with Gasteiger partial charge in [0.05, 0.1) is 23.7 Å². The lowest BCUT2D eigenvalue weighted by atomic mass is 9.92. The lowest BCUT2D eigenvalue weighted by molar-refractivity contribution is -0.688. The highest BCUT2D eigenvalue weighted by Gasteiger charge is 2.56. The molecule has 1 aromatic carbocycles. The van der Waals surface area contributed by atoms with Crippen LogP contribution in [-0.2, 0) is 16.1 Å². The van der Waals surface area contributed by atoms with Gasteiger partial charge < -0.3 is 15.0 Å². The van der Waals surface area contributed by atoms with Crippen LogP contribution in [0.2, 0.25) is 0 Å². The summed E-state index contributed by atoms with van der Waals surface area (Å²) >= 11 is 1.30. The molecule has 0 saturated carbocycles. The second kappa shape index (κ2) is 6.83. The molecule has 1 saturated heterocycles. The summed E-state index contributed by atoms with van der Waals surface area (Å²) < 4.78 is 2.02. The van der Waals surface area contributed by atoms with Crippen molar-refractivity contribution in [3.8, 4) is 0 Å². The summed E-state index contributed by atoms with van der Waals surface area (Å²) in [6, 6.07) is 13.4. The van der Waals surface area contributed by atoms with Crippen LogP contribution in [0.15, 0.2) is 60.6 Å². The third-order valence-electron chi connectivity index (χ3n) is 4.82. The summed E-state index contributed by atoms with van der Waals surface area (Å²) in [6.45, 7) is 2.20. The number of benzene rings is 1. The molecule has 0 aliphatic carbocycles. The van der Waals surface area contributed by atoms with Crippen molar-refractivity contribution in [1.29, 1.82) is 0 Å². The molecule has 138 valence electrons. The number of carbonyl (C=O) groups excluding carboxylic acids is 2. The van der Waals surface area contributed by atoms with E-state index in [4.69, 9.17) is 0 Å². The average Bonchev–Trinajstić information content (AvgIpc) is 2.98. The number of aromatic nitrogens is 1. The van der Waals surface area contributed by atoms with Crippen molar-refractivity contribution in [2.45, 2.75) is 24.9 Å². The Labute approximate surface area is 160 Å². The summed E-state index contributed by atoms with van der Waals surface area (Å²) in [6.07, 6.45) is 3.09. The third kappa shape index (κ3) is 3.02. The molecule has 1 amide bonds. The minimum atomic E-state index is -1.37. The van der Waals surface area contributed by atoms with Crippen LogP contribution in [0.5, 0.6) is 0 Å². The number of thioether (sulfide) groups is 1. The van der Waals surface area contributed by atoms with E-state index in [0.717, 1.165) is 11.1 Å². The quantitative estimate of drug-likeness (QED) is 0.596. The van der Waals surface area contributed by atoms with Gasteiger partial charge in [0.2, 0.25) is 5.91 Å². The number of carboxylic acid groups (broad SMARTS) is 1. The third-order valence-corrected chi connectivity index (χ3v) is 6.23. The number of nitrogens with zero attached hydrogens (tertiary/aromatic N) is 2. The number of β-lactam (4-membered cyclic amide) rings is 1. The van der Waals surface area contributed by atoms with Gasteiger partial charge in [-0.1, -0.05) is 36.0 Å². The van der Waals surface area contributed by atoms with Crippen LogP contribution in [0.4, 0.5) is 0 Å². The molecule has 6 nitrogen and oxygen atoms in total. The molecular weight excluding hydrogens is 364 g/mol. The van der Waals surface area contributed by atoms with Gasteiger partial charge in [0.1, 0.15) is 5.37 Å². The SMILES string of the molecule is C[C@@H](O)[C@H]1C(=O)N2C(C(=O)[O-])=C(c3cccc(C[n+]4ccccc4)c3)S[C@H]12. The van der Waals surface area contributed by atoms with Crippen LogP contribution in [0.3, 0.4) is 0 Å². The first kappa shape index (κ1) is 17.8. The van der Waals surface area contributed by atoms with E-state index < -0.39 is 23.4 Å². The molecule has 27 heavy (non-hydrogen) atoms. The molecule has 2 aliphatic rings. The number of aliphatic hydroxyl groups excluding tert-OH is 1. The van der Waals surface area contributed by atoms with Gasteiger partial charge in [-0.25, -0.2) is 4.57 Å². The number of aliphatic carboxylic acids is 1. The first-order valence-corrected chi connectivity index (χ1v) is 9.52. The summed E-state index contributed by atoms with van der Waals surface area (Å²) in [4.78, 5) is 25.8. The van der Waals surface area contributed by atoms with E-state index in [2.05, 4.69) is 0 Å². The molecule has 1 fully saturated rings. The van der Waals surface area contributed by atoms with Crippen molar-refractivity contribution in [2.75, 3.05) is 0 Å². The molecular formula is C20H18N2O4S. The molecule has 0 unspecified atom stereocenters. The van der Waals surface area contributed by atoms with Crippen molar-refractivity contribution in [3.63, 3.8) is 0 Å². The highest BCUT2D eigenvalue weighted by atomic mass is 32.2. The Morgan fingerprint density at radius 2 is 2.04 bits per heavy atom. The normalized spacial score (nSPS) is 22.4. The lowest BCUT2D eigenvalue weighted by Crippen LogP contribution is -2.61. The smallest absolute Gasteiger partial charge is 0.236 e. The molecule has 2 aromatic rings. The fraction of sp³-hybridized carbons (Fsp3) is 0.250. The topological polar surface area (TPSA) is 84.5 Å². The molecule has 1 aromatic heterocycles. The van der Waals surface area contributed by atoms with Crippen LogP contribution in [0.25, 0.3) is 4.91 Å². The zero-order valence-electron chi connectivity index (χ0n) is 14.6. The number of hydrogen-bond donors (Lipinski definition) is 1. The van der Waals surface area contributed by atoms with Crippen molar-refractivity contribution in [1.82, 2.24) is 4.90 Å². The van der Waals surface area contributed by atoms with E-state index in [1.165, 1.54) is 16.7 Å². The van der Waals surface area contributed by atoms with Gasteiger partial charge >= 0.3 is 0 Å². The maximum absolute atomic E-state index is 12.3. The molecule has 3 atom stereocenters. The Hall–Kier alpha value is -2.64. The van der Waals surface area contributed by atoms with Crippen LogP contribution >= 0.6 is 11.8 Å². The number of hydrogen-bond acceptors (Lipinski definition) is 5. The molecule has 4 rings (SSSR count). The summed E-state index contributed by atoms with van der Waals surface area (Å²) in [7, 11) is 0. The number of amides is 1. The highest BCUT2D eigenvalue weighted by molar-refractivity contribution is 8.09. The van der Waals surface area contributed by atoms with E-state index >= 15 is 0 Å². The molecule has 0 bridgehead atoms. The maximum Gasteiger partial charge on any atom is 0.236 e. The summed E-state index contributed by atoms with van der Waals surface area (Å²) in [5.74, 6) is -2.34. The number of rotatable bonds is 5. The Kier molecular flexibility index (Phi) is 4.49. The van der Waals surface area contributed by atoms with Crippen molar-refractivity contribution < 1.29 is 24.4 Å². The van der Waals surface area contributed by atoms with Crippen molar-refractivity contribution >= 4 is 28.5 Å². The van der Waals surface area contributed by atoms with Gasteiger partial charge in [0, 0.05) is 22.6 Å². The average molecular weight is 382 g/mol. The van der Waals surface area contributed by atoms with E-state index in [1.54, 1.807) is 6.92 Å².